The van der Waals surface area contributed by atoms with Crippen molar-refractivity contribution in [1.29, 1.82) is 0 Å². The van der Waals surface area contributed by atoms with E-state index >= 15 is 0 Å². The van der Waals surface area contributed by atoms with E-state index in [1.807, 2.05) is 7.05 Å². The Morgan fingerprint density at radius 2 is 1.93 bits per heavy atom. The Balaban J connectivity index is 1.28. The zero-order valence-electron chi connectivity index (χ0n) is 16.4. The first-order valence-corrected chi connectivity index (χ1v) is 10.9. The Morgan fingerprint density at radius 3 is 2.71 bits per heavy atom. The van der Waals surface area contributed by atoms with Crippen LogP contribution in [0.1, 0.15) is 24.0 Å². The van der Waals surface area contributed by atoms with Crippen molar-refractivity contribution in [1.82, 2.24) is 15.5 Å². The predicted octanol–water partition coefficient (Wildman–Crippen LogP) is 4.23. The lowest BCUT2D eigenvalue weighted by Gasteiger charge is -2.33. The molecule has 0 bridgehead atoms. The fourth-order valence-corrected chi connectivity index (χ4v) is 4.55. The normalized spacial score (nSPS) is 16.4. The molecule has 28 heavy (non-hydrogen) atoms. The van der Waals surface area contributed by atoms with Gasteiger partial charge >= 0.3 is 0 Å². The van der Waals surface area contributed by atoms with Crippen molar-refractivity contribution in [3.8, 4) is 0 Å². The number of likely N-dealkylation sites (tertiary alicyclic amines) is 1. The number of hydrogen-bond donors (Lipinski definition) is 2. The van der Waals surface area contributed by atoms with Crippen molar-refractivity contribution in [2.24, 2.45) is 4.99 Å². The van der Waals surface area contributed by atoms with Crippen LogP contribution in [-0.4, -0.2) is 37.0 Å². The van der Waals surface area contributed by atoms with E-state index in [0.29, 0.717) is 6.04 Å². The first-order valence-electron chi connectivity index (χ1n) is 9.99. The number of aliphatic imine (C=N–C) groups is 1. The second-order valence-electron chi connectivity index (χ2n) is 7.39. The first-order chi connectivity index (χ1) is 13.8. The molecule has 4 rings (SSSR count). The topological polar surface area (TPSA) is 39.7 Å². The monoisotopic (exact) mass is 392 g/mol. The van der Waals surface area contributed by atoms with Crippen molar-refractivity contribution >= 4 is 28.1 Å². The van der Waals surface area contributed by atoms with Gasteiger partial charge in [0.05, 0.1) is 0 Å². The summed E-state index contributed by atoms with van der Waals surface area (Å²) in [7, 11) is 1.85. The van der Waals surface area contributed by atoms with Crippen molar-refractivity contribution in [2.75, 3.05) is 20.1 Å². The molecule has 0 spiro atoms. The molecule has 0 radical (unpaired) electrons. The van der Waals surface area contributed by atoms with Crippen LogP contribution in [0.2, 0.25) is 0 Å². The van der Waals surface area contributed by atoms with Crippen LogP contribution in [0.15, 0.2) is 64.3 Å². The second-order valence-corrected chi connectivity index (χ2v) is 8.17. The number of piperidine rings is 1. The lowest BCUT2D eigenvalue weighted by atomic mass is 10.0. The number of rotatable bonds is 5. The van der Waals surface area contributed by atoms with Gasteiger partial charge < -0.3 is 10.6 Å². The van der Waals surface area contributed by atoms with Crippen molar-refractivity contribution in [2.45, 2.75) is 32.0 Å². The van der Waals surface area contributed by atoms with E-state index < -0.39 is 0 Å². The van der Waals surface area contributed by atoms with Crippen LogP contribution in [0.3, 0.4) is 0 Å². The maximum absolute atomic E-state index is 4.44. The van der Waals surface area contributed by atoms with E-state index in [-0.39, 0.29) is 0 Å². The van der Waals surface area contributed by atoms with Crippen LogP contribution in [0.4, 0.5) is 0 Å². The zero-order chi connectivity index (χ0) is 19.2. The molecule has 2 heterocycles. The zero-order valence-corrected chi connectivity index (χ0v) is 17.2. The third kappa shape index (κ3) is 4.72. The molecule has 2 N–H and O–H groups in total. The number of nitrogens with one attached hydrogen (secondary N) is 2. The molecule has 1 fully saturated rings. The minimum Gasteiger partial charge on any atom is -0.354 e. The van der Waals surface area contributed by atoms with Gasteiger partial charge in [-0.05, 0) is 51.6 Å². The molecule has 0 aliphatic carbocycles. The van der Waals surface area contributed by atoms with Gasteiger partial charge in [0.1, 0.15) is 0 Å². The largest absolute Gasteiger partial charge is 0.354 e. The molecular formula is C23H28N4S. The third-order valence-electron chi connectivity index (χ3n) is 5.46. The molecule has 1 aliphatic rings. The highest BCUT2D eigenvalue weighted by Gasteiger charge is 2.20. The summed E-state index contributed by atoms with van der Waals surface area (Å²) in [5, 5.41) is 14.1. The lowest BCUT2D eigenvalue weighted by molar-refractivity contribution is 0.198. The minimum atomic E-state index is 0.484. The number of thiophene rings is 1. The van der Waals surface area contributed by atoms with Crippen LogP contribution in [0.5, 0.6) is 0 Å². The second kappa shape index (κ2) is 9.22. The average Bonchev–Trinajstić information content (AvgIpc) is 3.25. The number of guanidine groups is 1. The average molecular weight is 393 g/mol. The maximum Gasteiger partial charge on any atom is 0.191 e. The Hall–Kier alpha value is -2.37. The quantitative estimate of drug-likeness (QED) is 0.504. The Kier molecular flexibility index (Phi) is 6.24. The first kappa shape index (κ1) is 19.0. The Labute approximate surface area is 171 Å². The van der Waals surface area contributed by atoms with Gasteiger partial charge in [-0.2, -0.15) is 11.3 Å². The van der Waals surface area contributed by atoms with E-state index in [9.17, 15) is 0 Å². The standard InChI is InChI=1S/C23H28N4S/c1-24-23(25-15-20-7-4-6-19-5-2-3-8-22(19)20)26-21-9-12-27(13-10-21)16-18-11-14-28-17-18/h2-8,11,14,17,21H,9-10,12-13,15-16H2,1H3,(H2,24,25,26). The molecule has 5 heteroatoms. The molecule has 1 aliphatic heterocycles. The summed E-state index contributed by atoms with van der Waals surface area (Å²) in [6, 6.07) is 17.7. The lowest BCUT2D eigenvalue weighted by Crippen LogP contribution is -2.48. The maximum atomic E-state index is 4.44. The van der Waals surface area contributed by atoms with Gasteiger partial charge in [-0.15, -0.1) is 0 Å². The van der Waals surface area contributed by atoms with Gasteiger partial charge in [-0.1, -0.05) is 42.5 Å². The summed E-state index contributed by atoms with van der Waals surface area (Å²) >= 11 is 1.78. The molecule has 0 saturated carbocycles. The van der Waals surface area contributed by atoms with Crippen LogP contribution < -0.4 is 10.6 Å². The molecule has 4 nitrogen and oxygen atoms in total. The summed E-state index contributed by atoms with van der Waals surface area (Å²) in [6.07, 6.45) is 2.30. The fraction of sp³-hybridized carbons (Fsp3) is 0.348. The Morgan fingerprint density at radius 1 is 1.11 bits per heavy atom. The molecular weight excluding hydrogens is 364 g/mol. The number of nitrogens with zero attached hydrogens (tertiary/aromatic N) is 2. The van der Waals surface area contributed by atoms with Crippen molar-refractivity contribution in [3.05, 3.63) is 70.4 Å². The fourth-order valence-electron chi connectivity index (χ4n) is 3.89. The van der Waals surface area contributed by atoms with E-state index in [1.54, 1.807) is 11.3 Å². The molecule has 1 saturated heterocycles. The number of benzene rings is 2. The molecule has 0 amide bonds. The molecule has 146 valence electrons. The van der Waals surface area contributed by atoms with Crippen molar-refractivity contribution < 1.29 is 0 Å². The van der Waals surface area contributed by atoms with Gasteiger partial charge in [0.2, 0.25) is 0 Å². The molecule has 3 aromatic rings. The van der Waals surface area contributed by atoms with E-state index in [4.69, 9.17) is 0 Å². The number of fused-ring (bicyclic) bond motifs is 1. The SMILES string of the molecule is CN=C(NCc1cccc2ccccc12)NC1CCN(Cc2ccsc2)CC1. The molecule has 2 aromatic carbocycles. The van der Waals surface area contributed by atoms with E-state index in [2.05, 4.69) is 79.8 Å². The Bertz CT molecular complexity index is 906. The summed E-state index contributed by atoms with van der Waals surface area (Å²) in [5.41, 5.74) is 2.73. The third-order valence-corrected chi connectivity index (χ3v) is 6.20. The van der Waals surface area contributed by atoms with Crippen molar-refractivity contribution in [3.63, 3.8) is 0 Å². The summed E-state index contributed by atoms with van der Waals surface area (Å²) in [6.45, 7) is 4.12. The van der Waals surface area contributed by atoms with Gasteiger partial charge in [-0.3, -0.25) is 9.89 Å². The van der Waals surface area contributed by atoms with Crippen LogP contribution in [-0.2, 0) is 13.1 Å². The smallest absolute Gasteiger partial charge is 0.191 e. The van der Waals surface area contributed by atoms with E-state index in [0.717, 1.165) is 45.0 Å². The molecule has 0 atom stereocenters. The highest BCUT2D eigenvalue weighted by molar-refractivity contribution is 7.07. The molecule has 0 unspecified atom stereocenters. The number of hydrogen-bond acceptors (Lipinski definition) is 3. The van der Waals surface area contributed by atoms with Crippen LogP contribution in [0, 0.1) is 0 Å². The van der Waals surface area contributed by atoms with Gasteiger partial charge in [0.15, 0.2) is 5.96 Å². The molecule has 1 aromatic heterocycles. The summed E-state index contributed by atoms with van der Waals surface area (Å²) < 4.78 is 0. The van der Waals surface area contributed by atoms with Crippen LogP contribution in [0.25, 0.3) is 10.8 Å². The predicted molar refractivity (Wildman–Crippen MR) is 120 cm³/mol. The summed E-state index contributed by atoms with van der Waals surface area (Å²) in [4.78, 5) is 6.99. The summed E-state index contributed by atoms with van der Waals surface area (Å²) in [5.74, 6) is 0.893. The highest BCUT2D eigenvalue weighted by atomic mass is 32.1. The van der Waals surface area contributed by atoms with E-state index in [1.165, 1.54) is 21.9 Å². The van der Waals surface area contributed by atoms with Crippen LogP contribution >= 0.6 is 11.3 Å². The van der Waals surface area contributed by atoms with Gasteiger partial charge in [-0.25, -0.2) is 0 Å². The van der Waals surface area contributed by atoms with Gasteiger partial charge in [0, 0.05) is 39.3 Å². The minimum absolute atomic E-state index is 0.484. The highest BCUT2D eigenvalue weighted by Crippen LogP contribution is 2.18. The van der Waals surface area contributed by atoms with Gasteiger partial charge in [0.25, 0.3) is 0 Å².